The minimum absolute atomic E-state index is 0.191. The molecule has 0 aliphatic carbocycles. The number of hydrogen-bond acceptors (Lipinski definition) is 7. The van der Waals surface area contributed by atoms with Gasteiger partial charge in [-0.2, -0.15) is 4.31 Å². The molecule has 1 N–H and O–H groups in total. The molecule has 1 aromatic carbocycles. The predicted octanol–water partition coefficient (Wildman–Crippen LogP) is 2.70. The number of rotatable bonds is 5. The molecule has 0 bridgehead atoms. The van der Waals surface area contributed by atoms with E-state index in [1.165, 1.54) is 15.6 Å². The second kappa shape index (κ2) is 7.97. The summed E-state index contributed by atoms with van der Waals surface area (Å²) in [5.41, 5.74) is 1.63. The van der Waals surface area contributed by atoms with Crippen molar-refractivity contribution in [1.29, 1.82) is 0 Å². The van der Waals surface area contributed by atoms with Crippen LogP contribution >= 0.6 is 11.3 Å². The number of pyridine rings is 1. The molecule has 0 unspecified atom stereocenters. The fraction of sp³-hybridized carbons (Fsp3) is 0.263. The normalized spacial score (nSPS) is 17.3. The lowest BCUT2D eigenvalue weighted by atomic mass is 10.2. The zero-order chi connectivity index (χ0) is 20.4. The van der Waals surface area contributed by atoms with Gasteiger partial charge in [-0.1, -0.05) is 35.1 Å². The molecular formula is C19H19N5O3S2. The quantitative estimate of drug-likeness (QED) is 0.669. The first kappa shape index (κ1) is 19.6. The van der Waals surface area contributed by atoms with Gasteiger partial charge in [0.05, 0.1) is 4.90 Å². The Hall–Kier alpha value is -2.69. The number of aryl methyl sites for hydroxylation is 1. The Morgan fingerprint density at radius 3 is 2.69 bits per heavy atom. The summed E-state index contributed by atoms with van der Waals surface area (Å²) in [5, 5.41) is 11.6. The molecule has 1 amide bonds. The monoisotopic (exact) mass is 429 g/mol. The number of amides is 1. The summed E-state index contributed by atoms with van der Waals surface area (Å²) >= 11 is 1.20. The van der Waals surface area contributed by atoms with Crippen molar-refractivity contribution >= 4 is 32.4 Å². The van der Waals surface area contributed by atoms with Crippen molar-refractivity contribution in [2.24, 2.45) is 0 Å². The van der Waals surface area contributed by atoms with Crippen molar-refractivity contribution in [3.05, 3.63) is 54.2 Å². The van der Waals surface area contributed by atoms with Gasteiger partial charge in [-0.3, -0.25) is 15.1 Å². The molecule has 0 saturated carbocycles. The average molecular weight is 430 g/mol. The molecular weight excluding hydrogens is 410 g/mol. The molecule has 150 valence electrons. The highest BCUT2D eigenvalue weighted by molar-refractivity contribution is 7.89. The zero-order valence-electron chi connectivity index (χ0n) is 15.6. The topological polar surface area (TPSA) is 105 Å². The van der Waals surface area contributed by atoms with Crippen LogP contribution in [0.25, 0.3) is 10.7 Å². The van der Waals surface area contributed by atoms with Crippen molar-refractivity contribution in [2.45, 2.75) is 30.7 Å². The van der Waals surface area contributed by atoms with E-state index in [1.807, 2.05) is 13.0 Å². The zero-order valence-corrected chi connectivity index (χ0v) is 17.3. The van der Waals surface area contributed by atoms with E-state index in [1.54, 1.807) is 42.6 Å². The van der Waals surface area contributed by atoms with Crippen molar-refractivity contribution < 1.29 is 13.2 Å². The van der Waals surface area contributed by atoms with Gasteiger partial charge in [-0.15, -0.1) is 10.2 Å². The lowest BCUT2D eigenvalue weighted by Crippen LogP contribution is -2.43. The van der Waals surface area contributed by atoms with Gasteiger partial charge in [0.1, 0.15) is 11.7 Å². The number of benzene rings is 1. The highest BCUT2D eigenvalue weighted by Gasteiger charge is 2.39. The molecule has 2 aromatic heterocycles. The fourth-order valence-electron chi connectivity index (χ4n) is 3.19. The number of nitrogens with one attached hydrogen (secondary N) is 1. The van der Waals surface area contributed by atoms with Crippen molar-refractivity contribution in [3.8, 4) is 10.7 Å². The van der Waals surface area contributed by atoms with Gasteiger partial charge in [0.25, 0.3) is 0 Å². The molecule has 1 saturated heterocycles. The second-order valence-electron chi connectivity index (χ2n) is 6.70. The van der Waals surface area contributed by atoms with E-state index in [0.29, 0.717) is 35.2 Å². The van der Waals surface area contributed by atoms with Gasteiger partial charge in [-0.05, 0) is 44.0 Å². The van der Waals surface area contributed by atoms with Crippen LogP contribution in [0.5, 0.6) is 0 Å². The minimum Gasteiger partial charge on any atom is -0.299 e. The van der Waals surface area contributed by atoms with Crippen LogP contribution in [0.3, 0.4) is 0 Å². The number of carbonyl (C=O) groups is 1. The molecule has 1 aliphatic rings. The fourth-order valence-corrected chi connectivity index (χ4v) is 5.57. The highest BCUT2D eigenvalue weighted by Crippen LogP contribution is 2.29. The summed E-state index contributed by atoms with van der Waals surface area (Å²) in [6.45, 7) is 2.20. The Morgan fingerprint density at radius 1 is 1.17 bits per heavy atom. The maximum Gasteiger partial charge on any atom is 0.244 e. The summed E-state index contributed by atoms with van der Waals surface area (Å²) in [4.78, 5) is 17.2. The van der Waals surface area contributed by atoms with Crippen LogP contribution < -0.4 is 5.32 Å². The Kier molecular flexibility index (Phi) is 5.39. The standard InChI is InChI=1S/C19H19N5O3S2/c1-13-7-9-14(10-8-13)29(26,27)24-12-4-6-16(24)17(25)21-19-23-22-18(28-19)15-5-2-3-11-20-15/h2-3,5,7-11,16H,4,6,12H2,1H3,(H,21,23,25)/t16-/m0/s1. The van der Waals surface area contributed by atoms with E-state index in [4.69, 9.17) is 0 Å². The van der Waals surface area contributed by atoms with Crippen molar-refractivity contribution in [3.63, 3.8) is 0 Å². The van der Waals surface area contributed by atoms with E-state index in [9.17, 15) is 13.2 Å². The van der Waals surface area contributed by atoms with Crippen LogP contribution in [-0.2, 0) is 14.8 Å². The molecule has 1 atom stereocenters. The molecule has 1 aliphatic heterocycles. The SMILES string of the molecule is Cc1ccc(S(=O)(=O)N2CCC[C@H]2C(=O)Nc2nnc(-c3ccccn3)s2)cc1. The average Bonchev–Trinajstić information content (AvgIpc) is 3.39. The van der Waals surface area contributed by atoms with Crippen LogP contribution in [0.4, 0.5) is 5.13 Å². The number of hydrogen-bond donors (Lipinski definition) is 1. The van der Waals surface area contributed by atoms with Gasteiger partial charge in [0.2, 0.25) is 21.1 Å². The first-order valence-electron chi connectivity index (χ1n) is 9.09. The Morgan fingerprint density at radius 2 is 1.97 bits per heavy atom. The first-order chi connectivity index (χ1) is 13.9. The number of carbonyl (C=O) groups excluding carboxylic acids is 1. The maximum atomic E-state index is 13.0. The van der Waals surface area contributed by atoms with Gasteiger partial charge < -0.3 is 0 Å². The molecule has 3 aromatic rings. The summed E-state index contributed by atoms with van der Waals surface area (Å²) in [5.74, 6) is -0.401. The number of anilines is 1. The smallest absolute Gasteiger partial charge is 0.244 e. The molecule has 29 heavy (non-hydrogen) atoms. The van der Waals surface area contributed by atoms with E-state index in [2.05, 4.69) is 20.5 Å². The largest absolute Gasteiger partial charge is 0.299 e. The Labute approximate surface area is 172 Å². The molecule has 0 radical (unpaired) electrons. The van der Waals surface area contributed by atoms with Crippen molar-refractivity contribution in [1.82, 2.24) is 19.5 Å². The van der Waals surface area contributed by atoms with Crippen LogP contribution in [0.1, 0.15) is 18.4 Å². The lowest BCUT2D eigenvalue weighted by molar-refractivity contribution is -0.119. The third-order valence-corrected chi connectivity index (χ3v) is 7.46. The van der Waals surface area contributed by atoms with E-state index >= 15 is 0 Å². The predicted molar refractivity (Wildman–Crippen MR) is 110 cm³/mol. The lowest BCUT2D eigenvalue weighted by Gasteiger charge is -2.23. The second-order valence-corrected chi connectivity index (χ2v) is 9.57. The van der Waals surface area contributed by atoms with Gasteiger partial charge in [0.15, 0.2) is 5.01 Å². The third-order valence-electron chi connectivity index (χ3n) is 4.67. The summed E-state index contributed by atoms with van der Waals surface area (Å²) in [6, 6.07) is 11.3. The van der Waals surface area contributed by atoms with Gasteiger partial charge >= 0.3 is 0 Å². The summed E-state index contributed by atoms with van der Waals surface area (Å²) in [7, 11) is -3.75. The van der Waals surface area contributed by atoms with Crippen LogP contribution in [0.2, 0.25) is 0 Å². The Balaban J connectivity index is 1.51. The van der Waals surface area contributed by atoms with Gasteiger partial charge in [-0.25, -0.2) is 8.42 Å². The maximum absolute atomic E-state index is 13.0. The molecule has 4 rings (SSSR count). The van der Waals surface area contributed by atoms with Gasteiger partial charge in [0, 0.05) is 12.7 Å². The highest BCUT2D eigenvalue weighted by atomic mass is 32.2. The molecule has 3 heterocycles. The van der Waals surface area contributed by atoms with Crippen LogP contribution in [0, 0.1) is 6.92 Å². The molecule has 1 fully saturated rings. The Bertz CT molecular complexity index is 1110. The number of sulfonamides is 1. The molecule has 10 heteroatoms. The minimum atomic E-state index is -3.75. The van der Waals surface area contributed by atoms with E-state index in [-0.39, 0.29) is 4.90 Å². The van der Waals surface area contributed by atoms with Crippen LogP contribution in [0.15, 0.2) is 53.6 Å². The van der Waals surface area contributed by atoms with E-state index in [0.717, 1.165) is 5.56 Å². The molecule has 0 spiro atoms. The van der Waals surface area contributed by atoms with Crippen LogP contribution in [-0.4, -0.2) is 46.4 Å². The molecule has 8 nitrogen and oxygen atoms in total. The number of nitrogens with zero attached hydrogens (tertiary/aromatic N) is 4. The number of aromatic nitrogens is 3. The van der Waals surface area contributed by atoms with E-state index < -0.39 is 22.0 Å². The first-order valence-corrected chi connectivity index (χ1v) is 11.3. The summed E-state index contributed by atoms with van der Waals surface area (Å²) < 4.78 is 27.3. The summed E-state index contributed by atoms with van der Waals surface area (Å²) in [6.07, 6.45) is 2.74. The van der Waals surface area contributed by atoms with Crippen molar-refractivity contribution in [2.75, 3.05) is 11.9 Å². The third kappa shape index (κ3) is 4.04.